The lowest BCUT2D eigenvalue weighted by molar-refractivity contribution is -0.116. The number of allylic oxidation sites excluding steroid dienone is 1. The average Bonchev–Trinajstić information content (AvgIpc) is 3.23. The molecule has 2 heterocycles. The number of para-hydroxylation sites is 2. The van der Waals surface area contributed by atoms with E-state index >= 15 is 0 Å². The van der Waals surface area contributed by atoms with Gasteiger partial charge in [0.05, 0.1) is 16.3 Å². The van der Waals surface area contributed by atoms with Crippen molar-refractivity contribution in [3.8, 4) is 0 Å². The maximum Gasteiger partial charge on any atom is 0.265 e. The Balaban J connectivity index is 1.82. The molecular formula is C23H19FN2O3S2. The van der Waals surface area contributed by atoms with Crippen LogP contribution >= 0.6 is 11.3 Å². The van der Waals surface area contributed by atoms with Gasteiger partial charge in [-0.3, -0.25) is 9.10 Å². The third-order valence-corrected chi connectivity index (χ3v) is 8.29. The van der Waals surface area contributed by atoms with Crippen molar-refractivity contribution >= 4 is 38.5 Å². The van der Waals surface area contributed by atoms with E-state index in [1.807, 2.05) is 29.6 Å². The zero-order valence-electron chi connectivity index (χ0n) is 16.4. The van der Waals surface area contributed by atoms with Gasteiger partial charge in [0.1, 0.15) is 11.9 Å². The van der Waals surface area contributed by atoms with Gasteiger partial charge in [-0.2, -0.15) is 0 Å². The van der Waals surface area contributed by atoms with Crippen molar-refractivity contribution in [3.05, 3.63) is 88.0 Å². The van der Waals surface area contributed by atoms with Crippen LogP contribution < -0.4 is 9.62 Å². The highest BCUT2D eigenvalue weighted by molar-refractivity contribution is 7.92. The van der Waals surface area contributed by atoms with Crippen molar-refractivity contribution < 1.29 is 17.6 Å². The number of carbonyl (C=O) groups excluding carboxylic acids is 1. The molecule has 1 N–H and O–H groups in total. The van der Waals surface area contributed by atoms with Gasteiger partial charge in [0.15, 0.2) is 5.78 Å². The van der Waals surface area contributed by atoms with Crippen LogP contribution in [0.4, 0.5) is 15.8 Å². The normalized spacial score (nSPS) is 18.8. The molecule has 0 fully saturated rings. The van der Waals surface area contributed by atoms with E-state index in [1.54, 1.807) is 12.1 Å². The molecule has 158 valence electrons. The van der Waals surface area contributed by atoms with Crippen LogP contribution in [0.2, 0.25) is 0 Å². The topological polar surface area (TPSA) is 66.5 Å². The SMILES string of the molecule is O=C1CCCC2=C1C(c1cccs1)N(S(=O)(=O)c1ccc(F)cc1)c1ccccc1N2. The lowest BCUT2D eigenvalue weighted by Crippen LogP contribution is -2.37. The summed E-state index contributed by atoms with van der Waals surface area (Å²) in [7, 11) is -4.12. The van der Waals surface area contributed by atoms with Crippen molar-refractivity contribution in [3.63, 3.8) is 0 Å². The summed E-state index contributed by atoms with van der Waals surface area (Å²) in [6.45, 7) is 0. The first-order valence-corrected chi connectivity index (χ1v) is 12.2. The largest absolute Gasteiger partial charge is 0.357 e. The van der Waals surface area contributed by atoms with Gasteiger partial charge in [-0.05, 0) is 60.7 Å². The molecule has 0 radical (unpaired) electrons. The third-order valence-electron chi connectivity index (χ3n) is 5.57. The van der Waals surface area contributed by atoms with Crippen molar-refractivity contribution in [2.45, 2.75) is 30.2 Å². The van der Waals surface area contributed by atoms with Crippen LogP contribution in [0.1, 0.15) is 30.2 Å². The van der Waals surface area contributed by atoms with E-state index in [1.165, 1.54) is 27.8 Å². The minimum atomic E-state index is -4.12. The fourth-order valence-electron chi connectivity index (χ4n) is 4.19. The minimum absolute atomic E-state index is 0.0300. The quantitative estimate of drug-likeness (QED) is 0.587. The lowest BCUT2D eigenvalue weighted by atomic mass is 9.89. The highest BCUT2D eigenvalue weighted by atomic mass is 32.2. The van der Waals surface area contributed by atoms with Crippen molar-refractivity contribution in [1.29, 1.82) is 0 Å². The van der Waals surface area contributed by atoms with E-state index in [-0.39, 0.29) is 10.7 Å². The molecule has 5 rings (SSSR count). The molecule has 0 bridgehead atoms. The smallest absolute Gasteiger partial charge is 0.265 e. The highest BCUT2D eigenvalue weighted by Gasteiger charge is 2.42. The van der Waals surface area contributed by atoms with Gasteiger partial charge in [0.2, 0.25) is 0 Å². The molecule has 5 nitrogen and oxygen atoms in total. The molecule has 2 aliphatic rings. The Morgan fingerprint density at radius 3 is 2.52 bits per heavy atom. The molecule has 3 aromatic rings. The van der Waals surface area contributed by atoms with Gasteiger partial charge in [-0.1, -0.05) is 18.2 Å². The number of sulfonamides is 1. The Morgan fingerprint density at radius 1 is 1.00 bits per heavy atom. The number of nitrogens with zero attached hydrogens (tertiary/aromatic N) is 1. The second-order valence-electron chi connectivity index (χ2n) is 7.48. The summed E-state index contributed by atoms with van der Waals surface area (Å²) in [5.41, 5.74) is 2.32. The molecule has 0 saturated heterocycles. The zero-order chi connectivity index (χ0) is 21.6. The van der Waals surface area contributed by atoms with Gasteiger partial charge < -0.3 is 5.32 Å². The summed E-state index contributed by atoms with van der Waals surface area (Å²) >= 11 is 1.41. The number of hydrogen-bond acceptors (Lipinski definition) is 5. The number of halogens is 1. The van der Waals surface area contributed by atoms with E-state index in [2.05, 4.69) is 5.32 Å². The third kappa shape index (κ3) is 3.36. The monoisotopic (exact) mass is 454 g/mol. The number of carbonyl (C=O) groups is 1. The predicted molar refractivity (Wildman–Crippen MR) is 119 cm³/mol. The molecule has 1 unspecified atom stereocenters. The number of hydrogen-bond donors (Lipinski definition) is 1. The maximum atomic E-state index is 13.9. The summed E-state index contributed by atoms with van der Waals surface area (Å²) in [4.78, 5) is 13.9. The fourth-order valence-corrected chi connectivity index (χ4v) is 6.71. The number of nitrogens with one attached hydrogen (secondary N) is 1. The minimum Gasteiger partial charge on any atom is -0.357 e. The maximum absolute atomic E-state index is 13.9. The Morgan fingerprint density at radius 2 is 1.77 bits per heavy atom. The first kappa shape index (κ1) is 20.0. The number of ketones is 1. The van der Waals surface area contributed by atoms with Crippen LogP contribution in [0.25, 0.3) is 0 Å². The van der Waals surface area contributed by atoms with Crippen LogP contribution in [0, 0.1) is 5.82 Å². The van der Waals surface area contributed by atoms with E-state index in [0.29, 0.717) is 36.2 Å². The van der Waals surface area contributed by atoms with Gasteiger partial charge in [0.25, 0.3) is 10.0 Å². The van der Waals surface area contributed by atoms with Crippen molar-refractivity contribution in [1.82, 2.24) is 0 Å². The Hall–Kier alpha value is -2.97. The van der Waals surface area contributed by atoms with E-state index < -0.39 is 21.9 Å². The number of thiophene rings is 1. The van der Waals surface area contributed by atoms with E-state index in [0.717, 1.165) is 22.7 Å². The van der Waals surface area contributed by atoms with Crippen molar-refractivity contribution in [2.75, 3.05) is 9.62 Å². The number of Topliss-reactive ketones (excluding diaryl/α,β-unsaturated/α-hetero) is 1. The van der Waals surface area contributed by atoms with Gasteiger partial charge in [0, 0.05) is 22.6 Å². The average molecular weight is 455 g/mol. The summed E-state index contributed by atoms with van der Waals surface area (Å²) in [5.74, 6) is -0.571. The van der Waals surface area contributed by atoms with Gasteiger partial charge in [-0.25, -0.2) is 12.8 Å². The molecule has 1 atom stereocenters. The predicted octanol–water partition coefficient (Wildman–Crippen LogP) is 5.26. The number of fused-ring (bicyclic) bond motifs is 1. The highest BCUT2D eigenvalue weighted by Crippen LogP contribution is 2.48. The second kappa shape index (κ2) is 7.62. The second-order valence-corrected chi connectivity index (χ2v) is 10.3. The lowest BCUT2D eigenvalue weighted by Gasteiger charge is -2.33. The van der Waals surface area contributed by atoms with Crippen LogP contribution in [-0.4, -0.2) is 14.2 Å². The molecule has 8 heteroatoms. The molecule has 31 heavy (non-hydrogen) atoms. The molecule has 2 aromatic carbocycles. The summed E-state index contributed by atoms with van der Waals surface area (Å²) < 4.78 is 42.7. The summed E-state index contributed by atoms with van der Waals surface area (Å²) in [6.07, 6.45) is 1.76. The summed E-state index contributed by atoms with van der Waals surface area (Å²) in [5, 5.41) is 5.21. The number of rotatable bonds is 3. The van der Waals surface area contributed by atoms with Crippen LogP contribution in [0.3, 0.4) is 0 Å². The molecular weight excluding hydrogens is 435 g/mol. The zero-order valence-corrected chi connectivity index (χ0v) is 18.0. The van der Waals surface area contributed by atoms with E-state index in [4.69, 9.17) is 0 Å². The fraction of sp³-hybridized carbons (Fsp3) is 0.174. The van der Waals surface area contributed by atoms with Crippen LogP contribution in [0.15, 0.2) is 82.2 Å². The molecule has 1 aliphatic heterocycles. The Bertz CT molecular complexity index is 1280. The van der Waals surface area contributed by atoms with Gasteiger partial charge in [-0.15, -0.1) is 11.3 Å². The first-order valence-electron chi connectivity index (χ1n) is 9.92. The first-order chi connectivity index (χ1) is 15.0. The Kier molecular flexibility index (Phi) is 4.91. The van der Waals surface area contributed by atoms with Crippen molar-refractivity contribution in [2.24, 2.45) is 0 Å². The van der Waals surface area contributed by atoms with Crippen LogP contribution in [-0.2, 0) is 14.8 Å². The molecule has 0 saturated carbocycles. The molecule has 0 spiro atoms. The molecule has 1 aliphatic carbocycles. The van der Waals surface area contributed by atoms with Crippen LogP contribution in [0.5, 0.6) is 0 Å². The molecule has 0 amide bonds. The molecule has 1 aromatic heterocycles. The number of anilines is 2. The number of benzene rings is 2. The van der Waals surface area contributed by atoms with Gasteiger partial charge >= 0.3 is 0 Å². The van der Waals surface area contributed by atoms with E-state index in [9.17, 15) is 17.6 Å². The standard InChI is InChI=1S/C23H19FN2O3S2/c24-15-10-12-16(13-11-15)31(28,29)26-19-7-2-1-5-17(19)25-18-6-3-8-20(27)22(18)23(26)21-9-4-14-30-21/h1-2,4-5,7,9-14,23,25H,3,6,8H2. The summed E-state index contributed by atoms with van der Waals surface area (Å²) in [6, 6.07) is 14.8. The Labute approximate surface area is 183 Å².